The number of nitro benzene ring substituents is 1. The third kappa shape index (κ3) is 3.43. The van der Waals surface area contributed by atoms with Crippen LogP contribution in [-0.4, -0.2) is 15.8 Å². The smallest absolute Gasteiger partial charge is 0.269 e. The molecule has 0 aliphatic rings. The summed E-state index contributed by atoms with van der Waals surface area (Å²) in [6.45, 7) is 3.49. The maximum absolute atomic E-state index is 12.2. The summed E-state index contributed by atoms with van der Waals surface area (Å²) in [7, 11) is 0. The lowest BCUT2D eigenvalue weighted by Crippen LogP contribution is -2.15. The number of nitro groups is 1. The number of benzene rings is 1. The first-order valence-corrected chi connectivity index (χ1v) is 6.86. The van der Waals surface area contributed by atoms with Crippen LogP contribution in [0.3, 0.4) is 0 Å². The molecule has 0 fully saturated rings. The molecule has 1 N–H and O–H groups in total. The van der Waals surface area contributed by atoms with Crippen LogP contribution < -0.4 is 5.32 Å². The number of nitrogens with zero attached hydrogens (tertiary/aromatic N) is 2. The summed E-state index contributed by atoms with van der Waals surface area (Å²) in [6.07, 6.45) is 1.59. The van der Waals surface area contributed by atoms with Crippen LogP contribution in [0.2, 0.25) is 0 Å². The van der Waals surface area contributed by atoms with Gasteiger partial charge in [0.15, 0.2) is 0 Å². The Balaban J connectivity index is 2.26. The van der Waals surface area contributed by atoms with Gasteiger partial charge in [0, 0.05) is 28.4 Å². The molecule has 7 heteroatoms. The third-order valence-electron chi connectivity index (χ3n) is 2.94. The van der Waals surface area contributed by atoms with Gasteiger partial charge in [0.1, 0.15) is 5.82 Å². The quantitative estimate of drug-likeness (QED) is 0.677. The number of aromatic nitrogens is 1. The van der Waals surface area contributed by atoms with Crippen LogP contribution in [0.15, 0.2) is 34.9 Å². The summed E-state index contributed by atoms with van der Waals surface area (Å²) < 4.78 is 0.824. The number of hydrogen-bond acceptors (Lipinski definition) is 4. The van der Waals surface area contributed by atoms with Crippen molar-refractivity contribution < 1.29 is 9.72 Å². The molecule has 0 bridgehead atoms. The molecule has 108 valence electrons. The standard InChI is InChI=1S/C14H12BrN3O3/c1-8-6-11(18(20)21)3-4-12(8)14(19)17-13-9(2)5-10(15)7-16-13/h3-7H,1-2H3,(H,16,17,19). The van der Waals surface area contributed by atoms with Crippen LogP contribution in [-0.2, 0) is 0 Å². The molecule has 1 aromatic heterocycles. The highest BCUT2D eigenvalue weighted by atomic mass is 79.9. The van der Waals surface area contributed by atoms with E-state index in [0.717, 1.165) is 10.0 Å². The number of carbonyl (C=O) groups is 1. The lowest BCUT2D eigenvalue weighted by atomic mass is 10.1. The number of carbonyl (C=O) groups excluding carboxylic acids is 1. The Morgan fingerprint density at radius 2 is 2.00 bits per heavy atom. The first-order chi connectivity index (χ1) is 9.88. The van der Waals surface area contributed by atoms with Crippen molar-refractivity contribution in [2.75, 3.05) is 5.32 Å². The molecule has 0 unspecified atom stereocenters. The Hall–Kier alpha value is -2.28. The van der Waals surface area contributed by atoms with Crippen LogP contribution in [0.1, 0.15) is 21.5 Å². The number of pyridine rings is 1. The van der Waals surface area contributed by atoms with Crippen LogP contribution >= 0.6 is 15.9 Å². The van der Waals surface area contributed by atoms with E-state index in [4.69, 9.17) is 0 Å². The number of rotatable bonds is 3. The van der Waals surface area contributed by atoms with Gasteiger partial charge >= 0.3 is 0 Å². The summed E-state index contributed by atoms with van der Waals surface area (Å²) in [5.41, 5.74) is 1.69. The van der Waals surface area contributed by atoms with Crippen molar-refractivity contribution in [3.8, 4) is 0 Å². The zero-order valence-electron chi connectivity index (χ0n) is 11.4. The summed E-state index contributed by atoms with van der Waals surface area (Å²) in [5.74, 6) is 0.112. The van der Waals surface area contributed by atoms with Crippen molar-refractivity contribution >= 4 is 33.3 Å². The molecule has 2 aromatic rings. The first-order valence-electron chi connectivity index (χ1n) is 6.07. The number of amides is 1. The van der Waals surface area contributed by atoms with Gasteiger partial charge < -0.3 is 5.32 Å². The van der Waals surface area contributed by atoms with Gasteiger partial charge in [0.25, 0.3) is 11.6 Å². The monoisotopic (exact) mass is 349 g/mol. The van der Waals surface area contributed by atoms with E-state index in [-0.39, 0.29) is 11.6 Å². The van der Waals surface area contributed by atoms with Gasteiger partial charge in [-0.25, -0.2) is 4.98 Å². The van der Waals surface area contributed by atoms with Crippen molar-refractivity contribution in [2.45, 2.75) is 13.8 Å². The normalized spacial score (nSPS) is 10.2. The van der Waals surface area contributed by atoms with Crippen molar-refractivity contribution in [3.63, 3.8) is 0 Å². The van der Waals surface area contributed by atoms with Crippen molar-refractivity contribution in [1.82, 2.24) is 4.98 Å². The number of anilines is 1. The fourth-order valence-corrected chi connectivity index (χ4v) is 2.31. The Labute approximate surface area is 129 Å². The van der Waals surface area contributed by atoms with E-state index in [0.29, 0.717) is 16.9 Å². The highest BCUT2D eigenvalue weighted by molar-refractivity contribution is 9.10. The van der Waals surface area contributed by atoms with Crippen LogP contribution in [0, 0.1) is 24.0 Å². The number of halogens is 1. The second kappa shape index (κ2) is 6.01. The van der Waals surface area contributed by atoms with Gasteiger partial charge in [0.2, 0.25) is 0 Å². The van der Waals surface area contributed by atoms with Crippen molar-refractivity contribution in [1.29, 1.82) is 0 Å². The van der Waals surface area contributed by atoms with E-state index < -0.39 is 4.92 Å². The molecule has 0 saturated heterocycles. The van der Waals surface area contributed by atoms with Gasteiger partial charge in [-0.3, -0.25) is 14.9 Å². The fraction of sp³-hybridized carbons (Fsp3) is 0.143. The van der Waals surface area contributed by atoms with E-state index in [9.17, 15) is 14.9 Å². The molecule has 1 heterocycles. The largest absolute Gasteiger partial charge is 0.306 e. The molecule has 0 saturated carbocycles. The fourth-order valence-electron chi connectivity index (χ4n) is 1.86. The molecule has 0 aliphatic carbocycles. The molecule has 0 atom stereocenters. The predicted molar refractivity (Wildman–Crippen MR) is 82.5 cm³/mol. The average molecular weight is 350 g/mol. The predicted octanol–water partition coefficient (Wildman–Crippen LogP) is 3.62. The van der Waals surface area contributed by atoms with E-state index in [2.05, 4.69) is 26.2 Å². The Morgan fingerprint density at radius 1 is 1.29 bits per heavy atom. The Bertz CT molecular complexity index is 731. The van der Waals surface area contributed by atoms with Gasteiger partial charge in [-0.15, -0.1) is 0 Å². The van der Waals surface area contributed by atoms with Crippen LogP contribution in [0.4, 0.5) is 11.5 Å². The molecule has 0 spiro atoms. The minimum absolute atomic E-state index is 0.0398. The minimum atomic E-state index is -0.491. The van der Waals surface area contributed by atoms with Gasteiger partial charge in [0.05, 0.1) is 4.92 Å². The summed E-state index contributed by atoms with van der Waals surface area (Å²) in [5, 5.41) is 13.4. The average Bonchev–Trinajstić information content (AvgIpc) is 2.41. The van der Waals surface area contributed by atoms with Gasteiger partial charge in [-0.05, 0) is 53.0 Å². The second-order valence-corrected chi connectivity index (χ2v) is 5.45. The van der Waals surface area contributed by atoms with Gasteiger partial charge in [-0.1, -0.05) is 0 Å². The molecule has 6 nitrogen and oxygen atoms in total. The molecular weight excluding hydrogens is 338 g/mol. The molecule has 1 amide bonds. The zero-order chi connectivity index (χ0) is 15.6. The lowest BCUT2D eigenvalue weighted by molar-refractivity contribution is -0.384. The topological polar surface area (TPSA) is 85.1 Å². The molecule has 0 radical (unpaired) electrons. The van der Waals surface area contributed by atoms with Crippen LogP contribution in [0.5, 0.6) is 0 Å². The highest BCUT2D eigenvalue weighted by Crippen LogP contribution is 2.20. The summed E-state index contributed by atoms with van der Waals surface area (Å²) in [4.78, 5) is 26.6. The first kappa shape index (κ1) is 15.1. The zero-order valence-corrected chi connectivity index (χ0v) is 13.0. The molecular formula is C14H12BrN3O3. The summed E-state index contributed by atoms with van der Waals surface area (Å²) >= 11 is 3.30. The van der Waals surface area contributed by atoms with E-state index in [1.807, 2.05) is 13.0 Å². The molecule has 2 rings (SSSR count). The van der Waals surface area contributed by atoms with E-state index in [1.165, 1.54) is 18.2 Å². The highest BCUT2D eigenvalue weighted by Gasteiger charge is 2.14. The Kier molecular flexibility index (Phi) is 4.32. The maximum Gasteiger partial charge on any atom is 0.269 e. The van der Waals surface area contributed by atoms with Crippen LogP contribution in [0.25, 0.3) is 0 Å². The number of nitrogens with one attached hydrogen (secondary N) is 1. The lowest BCUT2D eigenvalue weighted by Gasteiger charge is -2.09. The number of aryl methyl sites for hydroxylation is 2. The SMILES string of the molecule is Cc1cc([N+](=O)[O-])ccc1C(=O)Nc1ncc(Br)cc1C. The number of hydrogen-bond donors (Lipinski definition) is 1. The van der Waals surface area contributed by atoms with E-state index in [1.54, 1.807) is 13.1 Å². The molecule has 1 aromatic carbocycles. The Morgan fingerprint density at radius 3 is 2.57 bits per heavy atom. The second-order valence-electron chi connectivity index (χ2n) is 4.53. The molecule has 0 aliphatic heterocycles. The third-order valence-corrected chi connectivity index (χ3v) is 3.38. The van der Waals surface area contributed by atoms with Crippen molar-refractivity contribution in [3.05, 3.63) is 61.7 Å². The van der Waals surface area contributed by atoms with Crippen molar-refractivity contribution in [2.24, 2.45) is 0 Å². The number of non-ortho nitro benzene ring substituents is 1. The molecule has 21 heavy (non-hydrogen) atoms. The maximum atomic E-state index is 12.2. The summed E-state index contributed by atoms with van der Waals surface area (Å²) in [6, 6.07) is 5.96. The van der Waals surface area contributed by atoms with Gasteiger partial charge in [-0.2, -0.15) is 0 Å². The van der Waals surface area contributed by atoms with E-state index >= 15 is 0 Å². The minimum Gasteiger partial charge on any atom is -0.306 e.